The maximum atomic E-state index is 13.9. The van der Waals surface area contributed by atoms with Crippen LogP contribution >= 0.6 is 0 Å². The molecule has 0 spiro atoms. The molecular weight excluding hydrogens is 270 g/mol. The Hall–Kier alpha value is -1.78. The van der Waals surface area contributed by atoms with Crippen LogP contribution in [0.2, 0.25) is 0 Å². The number of likely N-dealkylation sites (N-methyl/N-ethyl adjacent to an activating group) is 1. The van der Waals surface area contributed by atoms with Crippen LogP contribution in [0, 0.1) is 18.6 Å². The molecule has 112 valence electrons. The van der Waals surface area contributed by atoms with Crippen molar-refractivity contribution in [3.63, 3.8) is 0 Å². The number of hydrogen-bond acceptors (Lipinski definition) is 2. The number of benzene rings is 2. The first-order chi connectivity index (χ1) is 10.0. The van der Waals surface area contributed by atoms with Crippen LogP contribution in [0.15, 0.2) is 42.5 Å². The van der Waals surface area contributed by atoms with E-state index in [1.54, 1.807) is 0 Å². The molecule has 0 amide bonds. The van der Waals surface area contributed by atoms with Crippen LogP contribution in [-0.4, -0.2) is 18.5 Å². The van der Waals surface area contributed by atoms with Crippen molar-refractivity contribution in [3.8, 4) is 0 Å². The molecule has 0 aliphatic carbocycles. The van der Waals surface area contributed by atoms with Crippen LogP contribution in [-0.2, 0) is 6.54 Å². The summed E-state index contributed by atoms with van der Waals surface area (Å²) in [4.78, 5) is 1.94. The van der Waals surface area contributed by atoms with E-state index in [0.29, 0.717) is 12.1 Å². The largest absolute Gasteiger partial charge is 0.329 e. The van der Waals surface area contributed by atoms with Crippen molar-refractivity contribution in [3.05, 3.63) is 70.8 Å². The summed E-state index contributed by atoms with van der Waals surface area (Å²) in [6.45, 7) is 2.87. The summed E-state index contributed by atoms with van der Waals surface area (Å²) < 4.78 is 27.3. The molecule has 0 saturated heterocycles. The number of rotatable bonds is 5. The monoisotopic (exact) mass is 290 g/mol. The lowest BCUT2D eigenvalue weighted by Crippen LogP contribution is -2.31. The minimum Gasteiger partial charge on any atom is -0.329 e. The number of hydrogen-bond donors (Lipinski definition) is 1. The Labute approximate surface area is 124 Å². The van der Waals surface area contributed by atoms with Gasteiger partial charge >= 0.3 is 0 Å². The van der Waals surface area contributed by atoms with Crippen molar-refractivity contribution in [2.75, 3.05) is 13.6 Å². The molecule has 0 aromatic heterocycles. The highest BCUT2D eigenvalue weighted by Gasteiger charge is 2.20. The third-order valence-electron chi connectivity index (χ3n) is 3.59. The van der Waals surface area contributed by atoms with Crippen molar-refractivity contribution in [2.45, 2.75) is 19.5 Å². The normalized spacial score (nSPS) is 12.7. The van der Waals surface area contributed by atoms with E-state index in [0.717, 1.165) is 17.7 Å². The lowest BCUT2D eigenvalue weighted by atomic mass is 10.0. The van der Waals surface area contributed by atoms with Gasteiger partial charge in [-0.15, -0.1) is 0 Å². The first kappa shape index (κ1) is 15.6. The van der Waals surface area contributed by atoms with Crippen LogP contribution in [0.5, 0.6) is 0 Å². The van der Waals surface area contributed by atoms with E-state index in [1.165, 1.54) is 11.6 Å². The van der Waals surface area contributed by atoms with Crippen LogP contribution in [0.1, 0.15) is 22.7 Å². The van der Waals surface area contributed by atoms with Gasteiger partial charge in [-0.1, -0.05) is 29.8 Å². The molecule has 1 unspecified atom stereocenters. The Balaban J connectivity index is 2.22. The number of nitrogens with two attached hydrogens (primary N) is 1. The zero-order chi connectivity index (χ0) is 15.4. The molecule has 2 aromatic rings. The molecule has 0 fully saturated rings. The second kappa shape index (κ2) is 6.78. The maximum absolute atomic E-state index is 13.9. The van der Waals surface area contributed by atoms with Crippen molar-refractivity contribution in [1.82, 2.24) is 4.90 Å². The Morgan fingerprint density at radius 2 is 1.90 bits per heavy atom. The van der Waals surface area contributed by atoms with E-state index in [4.69, 9.17) is 5.73 Å². The molecule has 2 N–H and O–H groups in total. The number of halogens is 2. The zero-order valence-electron chi connectivity index (χ0n) is 12.3. The van der Waals surface area contributed by atoms with Crippen molar-refractivity contribution in [1.29, 1.82) is 0 Å². The third kappa shape index (κ3) is 3.86. The predicted molar refractivity (Wildman–Crippen MR) is 80.8 cm³/mol. The van der Waals surface area contributed by atoms with Gasteiger partial charge in [-0.3, -0.25) is 4.90 Å². The van der Waals surface area contributed by atoms with E-state index in [-0.39, 0.29) is 12.6 Å². The minimum atomic E-state index is -0.450. The second-order valence-electron chi connectivity index (χ2n) is 5.32. The predicted octanol–water partition coefficient (Wildman–Crippen LogP) is 3.41. The first-order valence-corrected chi connectivity index (χ1v) is 6.92. The molecule has 2 rings (SSSR count). The van der Waals surface area contributed by atoms with Gasteiger partial charge in [0.05, 0.1) is 6.04 Å². The fourth-order valence-electron chi connectivity index (χ4n) is 2.52. The summed E-state index contributed by atoms with van der Waals surface area (Å²) in [7, 11) is 1.87. The van der Waals surface area contributed by atoms with E-state index in [9.17, 15) is 8.78 Å². The summed E-state index contributed by atoms with van der Waals surface area (Å²) in [6, 6.07) is 11.2. The average Bonchev–Trinajstić information content (AvgIpc) is 2.43. The SMILES string of the molecule is Cc1cccc(CN(C)C(CN)c2cc(F)ccc2F)c1. The van der Waals surface area contributed by atoms with Gasteiger partial charge in [-0.2, -0.15) is 0 Å². The Morgan fingerprint density at radius 3 is 2.57 bits per heavy atom. The molecule has 0 aliphatic rings. The summed E-state index contributed by atoms with van der Waals surface area (Å²) >= 11 is 0. The fraction of sp³-hybridized carbons (Fsp3) is 0.294. The van der Waals surface area contributed by atoms with Crippen molar-refractivity contribution >= 4 is 0 Å². The molecule has 0 aliphatic heterocycles. The van der Waals surface area contributed by atoms with Crippen LogP contribution in [0.25, 0.3) is 0 Å². The minimum absolute atomic E-state index is 0.225. The van der Waals surface area contributed by atoms with Gasteiger partial charge in [0.2, 0.25) is 0 Å². The second-order valence-corrected chi connectivity index (χ2v) is 5.32. The molecule has 1 atom stereocenters. The summed E-state index contributed by atoms with van der Waals surface area (Å²) in [6.07, 6.45) is 0. The van der Waals surface area contributed by atoms with Gasteiger partial charge in [0.1, 0.15) is 11.6 Å². The van der Waals surface area contributed by atoms with Gasteiger partial charge in [0, 0.05) is 18.7 Å². The van der Waals surface area contributed by atoms with Crippen LogP contribution in [0.3, 0.4) is 0 Å². The molecular formula is C17H20F2N2. The molecule has 4 heteroatoms. The topological polar surface area (TPSA) is 29.3 Å². The van der Waals surface area contributed by atoms with E-state index >= 15 is 0 Å². The first-order valence-electron chi connectivity index (χ1n) is 6.92. The lowest BCUT2D eigenvalue weighted by Gasteiger charge is -2.28. The van der Waals surface area contributed by atoms with E-state index in [1.807, 2.05) is 37.1 Å². The highest BCUT2D eigenvalue weighted by Crippen LogP contribution is 2.24. The van der Waals surface area contributed by atoms with E-state index < -0.39 is 11.6 Å². The zero-order valence-corrected chi connectivity index (χ0v) is 12.3. The molecule has 0 bridgehead atoms. The summed E-state index contributed by atoms with van der Waals surface area (Å²) in [5.41, 5.74) is 8.36. The Bertz CT molecular complexity index is 613. The maximum Gasteiger partial charge on any atom is 0.128 e. The highest BCUT2D eigenvalue weighted by molar-refractivity contribution is 5.25. The fourth-order valence-corrected chi connectivity index (χ4v) is 2.52. The Kier molecular flexibility index (Phi) is 5.04. The van der Waals surface area contributed by atoms with Gasteiger partial charge in [-0.25, -0.2) is 8.78 Å². The molecule has 0 radical (unpaired) electrons. The Morgan fingerprint density at radius 1 is 1.14 bits per heavy atom. The molecule has 2 nitrogen and oxygen atoms in total. The average molecular weight is 290 g/mol. The standard InChI is InChI=1S/C17H20F2N2/c1-12-4-3-5-13(8-12)11-21(2)17(10-20)15-9-14(18)6-7-16(15)19/h3-9,17H,10-11,20H2,1-2H3. The van der Waals surface area contributed by atoms with Crippen LogP contribution in [0.4, 0.5) is 8.78 Å². The summed E-state index contributed by atoms with van der Waals surface area (Å²) in [5, 5.41) is 0. The van der Waals surface area contributed by atoms with E-state index in [2.05, 4.69) is 6.07 Å². The van der Waals surface area contributed by atoms with Crippen molar-refractivity contribution < 1.29 is 8.78 Å². The highest BCUT2D eigenvalue weighted by atomic mass is 19.1. The van der Waals surface area contributed by atoms with Gasteiger partial charge in [-0.05, 0) is 37.7 Å². The third-order valence-corrected chi connectivity index (χ3v) is 3.59. The molecule has 2 aromatic carbocycles. The smallest absolute Gasteiger partial charge is 0.128 e. The van der Waals surface area contributed by atoms with Crippen LogP contribution < -0.4 is 5.73 Å². The van der Waals surface area contributed by atoms with Gasteiger partial charge in [0.15, 0.2) is 0 Å². The molecule has 21 heavy (non-hydrogen) atoms. The quantitative estimate of drug-likeness (QED) is 0.914. The number of nitrogens with zero attached hydrogens (tertiary/aromatic N) is 1. The van der Waals surface area contributed by atoms with Gasteiger partial charge in [0.25, 0.3) is 0 Å². The lowest BCUT2D eigenvalue weighted by molar-refractivity contribution is 0.236. The van der Waals surface area contributed by atoms with Gasteiger partial charge < -0.3 is 5.73 Å². The number of aryl methyl sites for hydroxylation is 1. The van der Waals surface area contributed by atoms with Crippen molar-refractivity contribution in [2.24, 2.45) is 5.73 Å². The molecule has 0 saturated carbocycles. The molecule has 0 heterocycles. The summed E-state index contributed by atoms with van der Waals surface area (Å²) in [5.74, 6) is -0.878.